The smallest absolute Gasteiger partial charge is 0.343 e. The zero-order valence-corrected chi connectivity index (χ0v) is 12.4. The molecule has 0 radical (unpaired) electrons. The monoisotopic (exact) mass is 313 g/mol. The number of esters is 1. The molecule has 1 amide bonds. The average Bonchev–Trinajstić information content (AvgIpc) is 2.73. The Kier molecular flexibility index (Phi) is 5.56. The van der Waals surface area contributed by atoms with Crippen molar-refractivity contribution < 1.29 is 18.7 Å². The summed E-state index contributed by atoms with van der Waals surface area (Å²) in [5.74, 6) is -1.92. The Morgan fingerprint density at radius 1 is 1.19 bits per heavy atom. The fraction of sp³-hybridized carbons (Fsp3) is 0.467. The highest BCUT2D eigenvalue weighted by Gasteiger charge is 2.21. The van der Waals surface area contributed by atoms with E-state index in [1.54, 1.807) is 4.90 Å². The molecule has 0 bridgehead atoms. The zero-order valence-electron chi connectivity index (χ0n) is 11.6. The van der Waals surface area contributed by atoms with Gasteiger partial charge in [0.25, 0.3) is 5.91 Å². The number of rotatable bonds is 3. The van der Waals surface area contributed by atoms with Crippen molar-refractivity contribution in [3.63, 3.8) is 0 Å². The third-order valence-electron chi connectivity index (χ3n) is 3.45. The van der Waals surface area contributed by atoms with E-state index in [0.29, 0.717) is 13.1 Å². The van der Waals surface area contributed by atoms with Gasteiger partial charge in [-0.15, -0.1) is 0 Å². The number of carbonyl (C=O) groups excluding carboxylic acids is 2. The molecule has 0 saturated carbocycles. The third-order valence-corrected chi connectivity index (χ3v) is 3.77. The number of nitrogens with zero attached hydrogens (tertiary/aromatic N) is 1. The van der Waals surface area contributed by atoms with E-state index >= 15 is 0 Å². The van der Waals surface area contributed by atoms with Crippen LogP contribution in [0.25, 0.3) is 0 Å². The second-order valence-corrected chi connectivity index (χ2v) is 5.37. The van der Waals surface area contributed by atoms with Crippen LogP contribution in [0.3, 0.4) is 0 Å². The van der Waals surface area contributed by atoms with E-state index in [0.717, 1.165) is 31.7 Å². The number of amides is 1. The molecule has 21 heavy (non-hydrogen) atoms. The lowest BCUT2D eigenvalue weighted by Gasteiger charge is -2.20. The molecule has 0 atom stereocenters. The maximum atomic E-state index is 13.6. The lowest BCUT2D eigenvalue weighted by Crippen LogP contribution is -2.35. The summed E-state index contributed by atoms with van der Waals surface area (Å²) >= 11 is 5.77. The van der Waals surface area contributed by atoms with Crippen LogP contribution in [0, 0.1) is 5.82 Å². The van der Waals surface area contributed by atoms with Gasteiger partial charge >= 0.3 is 5.97 Å². The first-order valence-corrected chi connectivity index (χ1v) is 7.36. The predicted octanol–water partition coefficient (Wildman–Crippen LogP) is 3.04. The normalized spacial score (nSPS) is 15.4. The molecule has 0 unspecified atom stereocenters. The maximum Gasteiger partial charge on any atom is 0.343 e. The first-order valence-electron chi connectivity index (χ1n) is 6.98. The predicted molar refractivity (Wildman–Crippen MR) is 76.7 cm³/mol. The van der Waals surface area contributed by atoms with Gasteiger partial charge in [0, 0.05) is 13.1 Å². The number of hydrogen-bond acceptors (Lipinski definition) is 3. The van der Waals surface area contributed by atoms with E-state index in [1.165, 1.54) is 12.1 Å². The van der Waals surface area contributed by atoms with Crippen molar-refractivity contribution in [2.24, 2.45) is 0 Å². The van der Waals surface area contributed by atoms with E-state index in [4.69, 9.17) is 16.3 Å². The highest BCUT2D eigenvalue weighted by atomic mass is 35.5. The van der Waals surface area contributed by atoms with Crippen LogP contribution in [0.15, 0.2) is 18.2 Å². The molecule has 0 aromatic heterocycles. The minimum absolute atomic E-state index is 0.0257. The molecule has 114 valence electrons. The molecule has 1 aliphatic rings. The molecule has 2 rings (SSSR count). The van der Waals surface area contributed by atoms with Crippen molar-refractivity contribution in [2.75, 3.05) is 19.7 Å². The number of benzene rings is 1. The fourth-order valence-electron chi connectivity index (χ4n) is 2.30. The van der Waals surface area contributed by atoms with Crippen LogP contribution in [-0.2, 0) is 9.53 Å². The van der Waals surface area contributed by atoms with Crippen LogP contribution in [0.1, 0.15) is 36.0 Å². The number of carbonyl (C=O) groups is 2. The molecule has 0 N–H and O–H groups in total. The lowest BCUT2D eigenvalue weighted by atomic mass is 10.2. The van der Waals surface area contributed by atoms with Crippen molar-refractivity contribution in [3.8, 4) is 0 Å². The van der Waals surface area contributed by atoms with E-state index in [9.17, 15) is 14.0 Å². The quantitative estimate of drug-likeness (QED) is 0.806. The molecular weight excluding hydrogens is 297 g/mol. The highest BCUT2D eigenvalue weighted by molar-refractivity contribution is 6.33. The Morgan fingerprint density at radius 3 is 2.48 bits per heavy atom. The second-order valence-electron chi connectivity index (χ2n) is 4.97. The average molecular weight is 314 g/mol. The Hall–Kier alpha value is -1.62. The van der Waals surface area contributed by atoms with Crippen molar-refractivity contribution >= 4 is 23.5 Å². The molecule has 0 spiro atoms. The summed E-state index contributed by atoms with van der Waals surface area (Å²) in [6.07, 6.45) is 4.13. The number of hydrogen-bond donors (Lipinski definition) is 0. The van der Waals surface area contributed by atoms with Gasteiger partial charge in [-0.3, -0.25) is 4.79 Å². The van der Waals surface area contributed by atoms with E-state index < -0.39 is 11.8 Å². The van der Waals surface area contributed by atoms with Crippen LogP contribution in [0.5, 0.6) is 0 Å². The van der Waals surface area contributed by atoms with E-state index in [1.807, 2.05) is 0 Å². The van der Waals surface area contributed by atoms with Crippen molar-refractivity contribution in [2.45, 2.75) is 25.7 Å². The van der Waals surface area contributed by atoms with Crippen molar-refractivity contribution in [1.82, 2.24) is 4.90 Å². The van der Waals surface area contributed by atoms with Crippen LogP contribution >= 0.6 is 11.6 Å². The molecule has 4 nitrogen and oxygen atoms in total. The highest BCUT2D eigenvalue weighted by Crippen LogP contribution is 2.20. The SMILES string of the molecule is O=C(OCC(=O)N1CCCCCC1)c1c(F)cccc1Cl. The zero-order chi connectivity index (χ0) is 15.2. The number of halogens is 2. The van der Waals surface area contributed by atoms with Gasteiger partial charge in [0.1, 0.15) is 11.4 Å². The molecule has 1 saturated heterocycles. The first kappa shape index (κ1) is 15.8. The lowest BCUT2D eigenvalue weighted by molar-refractivity contribution is -0.134. The van der Waals surface area contributed by atoms with Crippen LogP contribution < -0.4 is 0 Å². The van der Waals surface area contributed by atoms with Gasteiger partial charge in [0.2, 0.25) is 0 Å². The summed E-state index contributed by atoms with van der Waals surface area (Å²) in [6.45, 7) is 0.969. The van der Waals surface area contributed by atoms with Crippen molar-refractivity contribution in [3.05, 3.63) is 34.6 Å². The minimum atomic E-state index is -0.915. The summed E-state index contributed by atoms with van der Waals surface area (Å²) in [5.41, 5.74) is -0.331. The molecule has 1 heterocycles. The summed E-state index contributed by atoms with van der Waals surface area (Å²) < 4.78 is 18.4. The number of likely N-dealkylation sites (tertiary alicyclic amines) is 1. The Labute approximate surface area is 127 Å². The van der Waals surface area contributed by atoms with Gasteiger partial charge in [-0.2, -0.15) is 0 Å². The van der Waals surface area contributed by atoms with Gasteiger partial charge < -0.3 is 9.64 Å². The maximum absolute atomic E-state index is 13.6. The van der Waals surface area contributed by atoms with Crippen LogP contribution in [0.2, 0.25) is 5.02 Å². The van der Waals surface area contributed by atoms with E-state index in [2.05, 4.69) is 0 Å². The second kappa shape index (κ2) is 7.41. The van der Waals surface area contributed by atoms with Gasteiger partial charge in [-0.05, 0) is 25.0 Å². The van der Waals surface area contributed by atoms with Gasteiger partial charge in [-0.25, -0.2) is 9.18 Å². The van der Waals surface area contributed by atoms with Gasteiger partial charge in [0.15, 0.2) is 6.61 Å². The van der Waals surface area contributed by atoms with Crippen LogP contribution in [-0.4, -0.2) is 36.5 Å². The Morgan fingerprint density at radius 2 is 1.86 bits per heavy atom. The van der Waals surface area contributed by atoms with E-state index in [-0.39, 0.29) is 23.1 Å². The van der Waals surface area contributed by atoms with Crippen LogP contribution in [0.4, 0.5) is 4.39 Å². The van der Waals surface area contributed by atoms with Gasteiger partial charge in [0.05, 0.1) is 5.02 Å². The minimum Gasteiger partial charge on any atom is -0.452 e. The molecule has 1 aromatic carbocycles. The Balaban J connectivity index is 1.93. The Bertz CT molecular complexity index is 507. The summed E-state index contributed by atoms with van der Waals surface area (Å²) in [6, 6.07) is 3.92. The molecule has 0 aliphatic carbocycles. The third kappa shape index (κ3) is 4.17. The summed E-state index contributed by atoms with van der Waals surface area (Å²) in [7, 11) is 0. The first-order chi connectivity index (χ1) is 10.1. The standard InChI is InChI=1S/C15H17ClFNO3/c16-11-6-5-7-12(17)14(11)15(20)21-10-13(19)18-8-3-1-2-4-9-18/h5-7H,1-4,8-10H2. The van der Waals surface area contributed by atoms with Gasteiger partial charge in [-0.1, -0.05) is 30.5 Å². The molecular formula is C15H17ClFNO3. The fourth-order valence-corrected chi connectivity index (χ4v) is 2.54. The topological polar surface area (TPSA) is 46.6 Å². The molecule has 1 aromatic rings. The summed E-state index contributed by atoms with van der Waals surface area (Å²) in [4.78, 5) is 25.5. The molecule has 1 aliphatic heterocycles. The number of ether oxygens (including phenoxy) is 1. The largest absolute Gasteiger partial charge is 0.452 e. The molecule has 6 heteroatoms. The summed E-state index contributed by atoms with van der Waals surface area (Å²) in [5, 5.41) is -0.0257. The van der Waals surface area contributed by atoms with Crippen molar-refractivity contribution in [1.29, 1.82) is 0 Å². The molecule has 1 fully saturated rings.